The SMILES string of the molecule is O=C1C=CC(=O)C=C1.[Na+].[Na+].[S-2]. The summed E-state index contributed by atoms with van der Waals surface area (Å²) in [6.45, 7) is 0. The zero-order chi connectivity index (χ0) is 5.98. The third-order valence-corrected chi connectivity index (χ3v) is 0.824. The summed E-state index contributed by atoms with van der Waals surface area (Å²) in [5.41, 5.74) is 0. The summed E-state index contributed by atoms with van der Waals surface area (Å²) >= 11 is 0. The van der Waals surface area contributed by atoms with Gasteiger partial charge in [-0.3, -0.25) is 9.59 Å². The molecule has 1 rings (SSSR count). The van der Waals surface area contributed by atoms with E-state index in [0.29, 0.717) is 0 Å². The molecule has 0 bridgehead atoms. The number of hydrogen-bond acceptors (Lipinski definition) is 2. The molecule has 0 amide bonds. The second kappa shape index (κ2) is 9.26. The molecule has 0 N–H and O–H groups in total. The van der Waals surface area contributed by atoms with Gasteiger partial charge >= 0.3 is 59.1 Å². The average Bonchev–Trinajstić information content (AvgIpc) is 1.77. The van der Waals surface area contributed by atoms with E-state index >= 15 is 0 Å². The van der Waals surface area contributed by atoms with Gasteiger partial charge in [0.1, 0.15) is 0 Å². The van der Waals surface area contributed by atoms with Gasteiger partial charge in [-0.25, -0.2) is 0 Å². The molecule has 48 valence electrons. The van der Waals surface area contributed by atoms with Crippen LogP contribution in [0, 0.1) is 0 Å². The van der Waals surface area contributed by atoms with Crippen LogP contribution < -0.4 is 59.1 Å². The number of hydrogen-bond donors (Lipinski definition) is 0. The van der Waals surface area contributed by atoms with E-state index in [0.717, 1.165) is 0 Å². The first-order valence-corrected chi connectivity index (χ1v) is 2.23. The smallest absolute Gasteiger partial charge is 1.00 e. The van der Waals surface area contributed by atoms with Crippen molar-refractivity contribution in [3.63, 3.8) is 0 Å². The van der Waals surface area contributed by atoms with Gasteiger partial charge in [0.05, 0.1) is 0 Å². The van der Waals surface area contributed by atoms with Crippen LogP contribution in [0.3, 0.4) is 0 Å². The van der Waals surface area contributed by atoms with Gasteiger partial charge in [0.15, 0.2) is 11.6 Å². The first-order chi connectivity index (χ1) is 3.79. The van der Waals surface area contributed by atoms with Gasteiger partial charge in [0.25, 0.3) is 0 Å². The molecule has 1 aliphatic carbocycles. The Morgan fingerprint density at radius 1 is 0.727 bits per heavy atom. The van der Waals surface area contributed by atoms with Gasteiger partial charge < -0.3 is 13.5 Å². The number of carbonyl (C=O) groups excluding carboxylic acids is 2. The Balaban J connectivity index is -0.000000213. The van der Waals surface area contributed by atoms with Crippen LogP contribution in [0.2, 0.25) is 0 Å². The minimum absolute atomic E-state index is 0. The third-order valence-electron chi connectivity index (χ3n) is 0.824. The summed E-state index contributed by atoms with van der Waals surface area (Å²) < 4.78 is 0. The number of rotatable bonds is 0. The van der Waals surface area contributed by atoms with Crippen molar-refractivity contribution in [2.24, 2.45) is 0 Å². The van der Waals surface area contributed by atoms with Crippen molar-refractivity contribution < 1.29 is 68.7 Å². The zero-order valence-electron chi connectivity index (χ0n) is 6.53. The molecule has 0 fully saturated rings. The van der Waals surface area contributed by atoms with Crippen LogP contribution in [-0.4, -0.2) is 11.6 Å². The average molecular weight is 186 g/mol. The molecule has 5 heteroatoms. The van der Waals surface area contributed by atoms with Crippen molar-refractivity contribution in [1.29, 1.82) is 0 Å². The summed E-state index contributed by atoms with van der Waals surface area (Å²) in [4.78, 5) is 20.6. The molecule has 0 saturated carbocycles. The van der Waals surface area contributed by atoms with E-state index in [2.05, 4.69) is 0 Å². The molecule has 0 unspecified atom stereocenters. The number of allylic oxidation sites excluding steroid dienone is 4. The van der Waals surface area contributed by atoms with E-state index in [1.165, 1.54) is 24.3 Å². The molecular weight excluding hydrogens is 182 g/mol. The Kier molecular flexibility index (Phi) is 15.2. The molecule has 0 aromatic heterocycles. The maximum Gasteiger partial charge on any atom is 1.00 e. The van der Waals surface area contributed by atoms with Crippen LogP contribution in [0.1, 0.15) is 0 Å². The molecule has 2 nitrogen and oxygen atoms in total. The van der Waals surface area contributed by atoms with Crippen molar-refractivity contribution in [3.05, 3.63) is 24.3 Å². The minimum atomic E-state index is -0.121. The van der Waals surface area contributed by atoms with E-state index in [1.54, 1.807) is 0 Å². The molecule has 0 atom stereocenters. The van der Waals surface area contributed by atoms with Crippen LogP contribution in [0.15, 0.2) is 24.3 Å². The van der Waals surface area contributed by atoms with E-state index in [4.69, 9.17) is 0 Å². The van der Waals surface area contributed by atoms with Gasteiger partial charge in [0, 0.05) is 0 Å². The summed E-state index contributed by atoms with van der Waals surface area (Å²) in [6.07, 6.45) is 5.01. The topological polar surface area (TPSA) is 34.1 Å². The number of carbonyl (C=O) groups is 2. The summed E-state index contributed by atoms with van der Waals surface area (Å²) in [5.74, 6) is -0.241. The molecule has 0 spiro atoms. The molecule has 0 heterocycles. The molecule has 0 aromatic rings. The van der Waals surface area contributed by atoms with Gasteiger partial charge in [-0.05, 0) is 24.3 Å². The van der Waals surface area contributed by atoms with Crippen molar-refractivity contribution in [2.75, 3.05) is 0 Å². The molecule has 11 heavy (non-hydrogen) atoms. The van der Waals surface area contributed by atoms with Gasteiger partial charge in [0.2, 0.25) is 0 Å². The number of ketones is 2. The second-order valence-electron chi connectivity index (χ2n) is 1.47. The summed E-state index contributed by atoms with van der Waals surface area (Å²) in [6, 6.07) is 0. The Hall–Kier alpha value is 1.17. The fourth-order valence-corrected chi connectivity index (χ4v) is 0.440. The Morgan fingerprint density at radius 2 is 0.909 bits per heavy atom. The maximum atomic E-state index is 10.3. The van der Waals surface area contributed by atoms with Gasteiger partial charge in [-0.1, -0.05) is 0 Å². The quantitative estimate of drug-likeness (QED) is 0.279. The minimum Gasteiger partial charge on any atom is -2.00 e. The second-order valence-corrected chi connectivity index (χ2v) is 1.47. The van der Waals surface area contributed by atoms with Crippen LogP contribution >= 0.6 is 0 Å². The third kappa shape index (κ3) is 7.53. The molecule has 0 radical (unpaired) electrons. The van der Waals surface area contributed by atoms with Crippen molar-refractivity contribution in [3.8, 4) is 0 Å². The van der Waals surface area contributed by atoms with Crippen molar-refractivity contribution >= 4 is 25.1 Å². The molecule has 1 aliphatic rings. The first-order valence-electron chi connectivity index (χ1n) is 2.23. The summed E-state index contributed by atoms with van der Waals surface area (Å²) in [5, 5.41) is 0. The largest absolute Gasteiger partial charge is 2.00 e. The van der Waals surface area contributed by atoms with E-state index in [1.807, 2.05) is 0 Å². The van der Waals surface area contributed by atoms with Gasteiger partial charge in [-0.15, -0.1) is 0 Å². The predicted octanol–water partition coefficient (Wildman–Crippen LogP) is -5.74. The Labute approximate surface area is 117 Å². The predicted molar refractivity (Wildman–Crippen MR) is 35.7 cm³/mol. The van der Waals surface area contributed by atoms with Crippen LogP contribution in [0.25, 0.3) is 0 Å². The Morgan fingerprint density at radius 3 is 1.09 bits per heavy atom. The van der Waals surface area contributed by atoms with E-state index < -0.39 is 0 Å². The zero-order valence-corrected chi connectivity index (χ0v) is 11.4. The first kappa shape index (κ1) is 18.1. The standard InChI is InChI=1S/C6H4O2.2Na.S/c7-5-1-2-6(8)4-3-5;;;/h1-4H;;;/q;2*+1;-2. The fourth-order valence-electron chi connectivity index (χ4n) is 0.440. The molecule has 0 aromatic carbocycles. The summed E-state index contributed by atoms with van der Waals surface area (Å²) in [7, 11) is 0. The van der Waals surface area contributed by atoms with Crippen LogP contribution in [-0.2, 0) is 23.1 Å². The van der Waals surface area contributed by atoms with Gasteiger partial charge in [-0.2, -0.15) is 0 Å². The fraction of sp³-hybridized carbons (Fsp3) is 0. The van der Waals surface area contributed by atoms with E-state index in [-0.39, 0.29) is 84.2 Å². The molecule has 0 saturated heterocycles. The molecular formula is C6H4Na2O2S. The van der Waals surface area contributed by atoms with Crippen molar-refractivity contribution in [2.45, 2.75) is 0 Å². The normalized spacial score (nSPS) is 12.7. The maximum absolute atomic E-state index is 10.3. The Bertz CT molecular complexity index is 161. The van der Waals surface area contributed by atoms with Crippen molar-refractivity contribution in [1.82, 2.24) is 0 Å². The van der Waals surface area contributed by atoms with E-state index in [9.17, 15) is 9.59 Å². The molecule has 0 aliphatic heterocycles. The monoisotopic (exact) mass is 186 g/mol. The van der Waals surface area contributed by atoms with Crippen LogP contribution in [0.5, 0.6) is 0 Å². The van der Waals surface area contributed by atoms with Crippen LogP contribution in [0.4, 0.5) is 0 Å².